The molecule has 0 bridgehead atoms. The van der Waals surface area contributed by atoms with Crippen LogP contribution >= 0.6 is 0 Å². The van der Waals surface area contributed by atoms with Crippen LogP contribution in [0.25, 0.3) is 22.6 Å². The summed E-state index contributed by atoms with van der Waals surface area (Å²) in [7, 11) is 0. The number of carbonyl (C=O) groups excluding carboxylic acids is 1. The summed E-state index contributed by atoms with van der Waals surface area (Å²) < 4.78 is 23.5. The van der Waals surface area contributed by atoms with Crippen molar-refractivity contribution in [1.29, 1.82) is 0 Å². The molecule has 2 N–H and O–H groups in total. The number of benzene rings is 2. The van der Waals surface area contributed by atoms with Gasteiger partial charge in [-0.05, 0) is 42.0 Å². The summed E-state index contributed by atoms with van der Waals surface area (Å²) in [6, 6.07) is 11.5. The Bertz CT molecular complexity index is 843. The van der Waals surface area contributed by atoms with Gasteiger partial charge in [0.05, 0.1) is 6.61 Å². The molecule has 1 aromatic heterocycles. The molecule has 0 fully saturated rings. The van der Waals surface area contributed by atoms with Crippen molar-refractivity contribution in [2.24, 2.45) is 5.73 Å². The number of hydrogen-bond donors (Lipinski definition) is 1. The molecule has 0 saturated carbocycles. The van der Waals surface area contributed by atoms with E-state index in [1.165, 1.54) is 12.1 Å². The van der Waals surface area contributed by atoms with Crippen molar-refractivity contribution in [1.82, 2.24) is 4.98 Å². The molecule has 3 rings (SSSR count). The second kappa shape index (κ2) is 6.08. The minimum atomic E-state index is -0.794. The minimum absolute atomic E-state index is 0.0159. The lowest BCUT2D eigenvalue weighted by Gasteiger charge is -2.10. The number of aromatic nitrogens is 1. The zero-order valence-electron chi connectivity index (χ0n) is 12.5. The fraction of sp³-hybridized carbons (Fsp3) is 0.176. The molecule has 1 amide bonds. The molecule has 0 aliphatic heterocycles. The Morgan fingerprint density at radius 1 is 1.30 bits per heavy atom. The third kappa shape index (κ3) is 3.31. The minimum Gasteiger partial charge on any atom is -0.449 e. The molecule has 23 heavy (non-hydrogen) atoms. The van der Waals surface area contributed by atoms with Crippen LogP contribution in [0, 0.1) is 5.82 Å². The Morgan fingerprint density at radius 2 is 2.04 bits per heavy atom. The number of halogens is 1. The van der Waals surface area contributed by atoms with E-state index in [-0.39, 0.29) is 18.3 Å². The predicted octanol–water partition coefficient (Wildman–Crippen LogP) is 3.83. The molecular formula is C17H15FN2O3. The second-order valence-corrected chi connectivity index (χ2v) is 5.28. The molecule has 0 aliphatic carbocycles. The number of nitrogens with two attached hydrogens (primary N) is 1. The van der Waals surface area contributed by atoms with E-state index < -0.39 is 6.09 Å². The molecule has 5 nitrogen and oxygen atoms in total. The second-order valence-electron chi connectivity index (χ2n) is 5.28. The third-order valence-electron chi connectivity index (χ3n) is 3.55. The van der Waals surface area contributed by atoms with E-state index >= 15 is 0 Å². The van der Waals surface area contributed by atoms with E-state index in [2.05, 4.69) is 4.98 Å². The topological polar surface area (TPSA) is 78.4 Å². The van der Waals surface area contributed by atoms with E-state index in [0.717, 1.165) is 5.56 Å². The number of oxazole rings is 1. The standard InChI is InChI=1S/C17H15FN2O3/c1-10(9-22-17(19)21)12-4-7-15-14(8-12)20-16(23-15)11-2-5-13(18)6-3-11/h2-8,10H,9H2,1H3,(H2,19,21). The average Bonchev–Trinajstić information content (AvgIpc) is 2.96. The van der Waals surface area contributed by atoms with Gasteiger partial charge in [0.1, 0.15) is 11.3 Å². The molecule has 2 aromatic carbocycles. The number of hydrogen-bond acceptors (Lipinski definition) is 4. The van der Waals surface area contributed by atoms with Crippen LogP contribution in [0.3, 0.4) is 0 Å². The molecule has 118 valence electrons. The van der Waals surface area contributed by atoms with Crippen LogP contribution in [0.5, 0.6) is 0 Å². The van der Waals surface area contributed by atoms with Crippen LogP contribution in [0.15, 0.2) is 46.9 Å². The first kappa shape index (κ1) is 15.0. The van der Waals surface area contributed by atoms with Crippen LogP contribution in [0.2, 0.25) is 0 Å². The van der Waals surface area contributed by atoms with Crippen molar-refractivity contribution < 1.29 is 18.3 Å². The van der Waals surface area contributed by atoms with Crippen molar-refractivity contribution in [2.75, 3.05) is 6.61 Å². The molecule has 0 saturated heterocycles. The van der Waals surface area contributed by atoms with Crippen molar-refractivity contribution >= 4 is 17.2 Å². The predicted molar refractivity (Wildman–Crippen MR) is 83.4 cm³/mol. The van der Waals surface area contributed by atoms with E-state index in [4.69, 9.17) is 14.9 Å². The Hall–Kier alpha value is -2.89. The summed E-state index contributed by atoms with van der Waals surface area (Å²) in [5.41, 5.74) is 7.95. The Morgan fingerprint density at radius 3 is 2.74 bits per heavy atom. The van der Waals surface area contributed by atoms with E-state index in [9.17, 15) is 9.18 Å². The highest BCUT2D eigenvalue weighted by molar-refractivity contribution is 5.77. The van der Waals surface area contributed by atoms with Crippen molar-refractivity contribution in [2.45, 2.75) is 12.8 Å². The Kier molecular flexibility index (Phi) is 3.97. The number of nitrogens with zero attached hydrogens (tertiary/aromatic N) is 1. The molecule has 1 heterocycles. The van der Waals surface area contributed by atoms with E-state index in [0.29, 0.717) is 22.6 Å². The summed E-state index contributed by atoms with van der Waals surface area (Å²) >= 11 is 0. The summed E-state index contributed by atoms with van der Waals surface area (Å²) in [5, 5.41) is 0. The van der Waals surface area contributed by atoms with Crippen LogP contribution < -0.4 is 5.73 Å². The van der Waals surface area contributed by atoms with Gasteiger partial charge < -0.3 is 14.9 Å². The van der Waals surface area contributed by atoms with Gasteiger partial charge in [-0.25, -0.2) is 14.2 Å². The number of rotatable bonds is 4. The van der Waals surface area contributed by atoms with Crippen molar-refractivity contribution in [3.05, 3.63) is 53.8 Å². The van der Waals surface area contributed by atoms with Gasteiger partial charge in [-0.3, -0.25) is 0 Å². The van der Waals surface area contributed by atoms with Crippen LogP contribution in [-0.2, 0) is 4.74 Å². The van der Waals surface area contributed by atoms with E-state index in [1.54, 1.807) is 12.1 Å². The SMILES string of the molecule is CC(COC(N)=O)c1ccc2oc(-c3ccc(F)cc3)nc2c1. The fourth-order valence-electron chi connectivity index (χ4n) is 2.27. The highest BCUT2D eigenvalue weighted by Crippen LogP contribution is 2.27. The maximum Gasteiger partial charge on any atom is 0.404 e. The quantitative estimate of drug-likeness (QED) is 0.793. The maximum atomic E-state index is 13.0. The zero-order chi connectivity index (χ0) is 16.4. The number of ether oxygens (including phenoxy) is 1. The number of amides is 1. The summed E-state index contributed by atoms with van der Waals surface area (Å²) in [6.45, 7) is 2.12. The fourth-order valence-corrected chi connectivity index (χ4v) is 2.27. The van der Waals surface area contributed by atoms with Gasteiger partial charge in [-0.15, -0.1) is 0 Å². The first-order valence-corrected chi connectivity index (χ1v) is 7.11. The molecule has 6 heteroatoms. The van der Waals surface area contributed by atoms with Gasteiger partial charge in [0.2, 0.25) is 5.89 Å². The molecule has 0 spiro atoms. The highest BCUT2D eigenvalue weighted by Gasteiger charge is 2.12. The molecule has 1 unspecified atom stereocenters. The normalized spacial score (nSPS) is 12.3. The third-order valence-corrected chi connectivity index (χ3v) is 3.55. The van der Waals surface area contributed by atoms with Crippen molar-refractivity contribution in [3.8, 4) is 11.5 Å². The molecule has 0 aliphatic rings. The zero-order valence-corrected chi connectivity index (χ0v) is 12.5. The van der Waals surface area contributed by atoms with Gasteiger partial charge in [-0.2, -0.15) is 0 Å². The Labute approximate surface area is 131 Å². The van der Waals surface area contributed by atoms with Crippen LogP contribution in [0.1, 0.15) is 18.4 Å². The van der Waals surface area contributed by atoms with Gasteiger partial charge in [0, 0.05) is 11.5 Å². The summed E-state index contributed by atoms with van der Waals surface area (Å²) in [4.78, 5) is 15.1. The smallest absolute Gasteiger partial charge is 0.404 e. The van der Waals surface area contributed by atoms with Crippen LogP contribution in [-0.4, -0.2) is 17.7 Å². The highest BCUT2D eigenvalue weighted by atomic mass is 19.1. The Balaban J connectivity index is 1.88. The van der Waals surface area contributed by atoms with Crippen molar-refractivity contribution in [3.63, 3.8) is 0 Å². The lowest BCUT2D eigenvalue weighted by Crippen LogP contribution is -2.16. The lowest BCUT2D eigenvalue weighted by molar-refractivity contribution is 0.151. The van der Waals surface area contributed by atoms with Crippen LogP contribution in [0.4, 0.5) is 9.18 Å². The van der Waals surface area contributed by atoms with Gasteiger partial charge >= 0.3 is 6.09 Å². The van der Waals surface area contributed by atoms with Gasteiger partial charge in [0.25, 0.3) is 0 Å². The van der Waals surface area contributed by atoms with Gasteiger partial charge in [0.15, 0.2) is 5.58 Å². The first-order chi connectivity index (χ1) is 11.0. The average molecular weight is 314 g/mol. The lowest BCUT2D eigenvalue weighted by atomic mass is 10.0. The molecule has 3 aromatic rings. The van der Waals surface area contributed by atoms with Gasteiger partial charge in [-0.1, -0.05) is 13.0 Å². The van der Waals surface area contributed by atoms with E-state index in [1.807, 2.05) is 25.1 Å². The largest absolute Gasteiger partial charge is 0.449 e. The molecular weight excluding hydrogens is 299 g/mol. The maximum absolute atomic E-state index is 13.0. The number of primary amides is 1. The summed E-state index contributed by atoms with van der Waals surface area (Å²) in [6.07, 6.45) is -0.794. The molecule has 1 atom stereocenters. The monoisotopic (exact) mass is 314 g/mol. The number of carbonyl (C=O) groups is 1. The first-order valence-electron chi connectivity index (χ1n) is 7.11. The summed E-state index contributed by atoms with van der Waals surface area (Å²) in [5.74, 6) is 0.103. The molecule has 0 radical (unpaired) electrons. The number of fused-ring (bicyclic) bond motifs is 1.